The van der Waals surface area contributed by atoms with Gasteiger partial charge in [0.15, 0.2) is 0 Å². The molecular formula is C33H33IrN2O-. The number of hydrogen-bond acceptors (Lipinski definition) is 2. The van der Waals surface area contributed by atoms with Gasteiger partial charge in [-0.1, -0.05) is 56.7 Å². The minimum Gasteiger partial charge on any atom is -0.456 e. The van der Waals surface area contributed by atoms with Crippen LogP contribution in [-0.4, -0.2) is 9.55 Å². The van der Waals surface area contributed by atoms with Crippen LogP contribution < -0.4 is 0 Å². The smallest absolute Gasteiger partial charge is 0.136 e. The maximum atomic E-state index is 6.57. The predicted molar refractivity (Wildman–Crippen MR) is 147 cm³/mol. The van der Waals surface area contributed by atoms with Crippen molar-refractivity contribution in [2.24, 2.45) is 0 Å². The van der Waals surface area contributed by atoms with Gasteiger partial charge < -0.3 is 8.98 Å². The average molecular weight is 666 g/mol. The minimum absolute atomic E-state index is 0. The zero-order valence-corrected chi connectivity index (χ0v) is 23.6. The molecule has 2 heterocycles. The minimum atomic E-state index is 0. The van der Waals surface area contributed by atoms with E-state index < -0.39 is 0 Å². The molecule has 0 bridgehead atoms. The summed E-state index contributed by atoms with van der Waals surface area (Å²) in [5.41, 5.74) is 7.43. The van der Waals surface area contributed by atoms with Gasteiger partial charge in [-0.25, -0.2) is 0 Å². The maximum Gasteiger partial charge on any atom is 0.136 e. The number of hydrogen-bond donors (Lipinski definition) is 0. The third-order valence-corrected chi connectivity index (χ3v) is 8.60. The Bertz CT molecular complexity index is 1500. The number of furan rings is 1. The summed E-state index contributed by atoms with van der Waals surface area (Å²) in [5, 5.41) is 2.57. The van der Waals surface area contributed by atoms with E-state index in [0.717, 1.165) is 22.6 Å². The van der Waals surface area contributed by atoms with Crippen LogP contribution in [0.1, 0.15) is 87.2 Å². The van der Waals surface area contributed by atoms with Crippen LogP contribution in [0, 0.1) is 6.07 Å². The molecular weight excluding hydrogens is 633 g/mol. The van der Waals surface area contributed by atoms with Crippen LogP contribution >= 0.6 is 0 Å². The van der Waals surface area contributed by atoms with Gasteiger partial charge in [0.25, 0.3) is 0 Å². The summed E-state index contributed by atoms with van der Waals surface area (Å²) in [6.45, 7) is 0. The van der Waals surface area contributed by atoms with Crippen LogP contribution in [0.4, 0.5) is 0 Å². The van der Waals surface area contributed by atoms with Gasteiger partial charge in [0.05, 0.1) is 5.82 Å². The molecule has 3 nitrogen and oxygen atoms in total. The Kier molecular flexibility index (Phi) is 7.06. The molecule has 2 aromatic heterocycles. The van der Waals surface area contributed by atoms with E-state index in [9.17, 15) is 0 Å². The second-order valence-corrected chi connectivity index (χ2v) is 10.8. The fourth-order valence-corrected chi connectivity index (χ4v) is 6.93. The molecule has 2 saturated carbocycles. The van der Waals surface area contributed by atoms with Crippen molar-refractivity contribution in [2.75, 3.05) is 0 Å². The Hall–Kier alpha value is -2.68. The van der Waals surface area contributed by atoms with E-state index in [1.807, 2.05) is 18.3 Å². The molecule has 0 atom stereocenters. The molecule has 2 aliphatic rings. The quantitative estimate of drug-likeness (QED) is 0.179. The maximum absolute atomic E-state index is 6.57. The molecule has 0 amide bonds. The Morgan fingerprint density at radius 3 is 2.30 bits per heavy atom. The first kappa shape index (κ1) is 24.6. The van der Waals surface area contributed by atoms with E-state index >= 15 is 0 Å². The van der Waals surface area contributed by atoms with Crippen LogP contribution in [-0.2, 0) is 20.1 Å². The number of rotatable bonds is 4. The molecule has 0 saturated heterocycles. The Labute approximate surface area is 232 Å². The number of imidazole rings is 1. The van der Waals surface area contributed by atoms with E-state index in [-0.39, 0.29) is 20.1 Å². The van der Waals surface area contributed by atoms with Gasteiger partial charge in [0.1, 0.15) is 11.2 Å². The van der Waals surface area contributed by atoms with Crippen molar-refractivity contribution in [3.63, 3.8) is 0 Å². The average Bonchev–Trinajstić information content (AvgIpc) is 3.58. The van der Waals surface area contributed by atoms with Gasteiger partial charge in [-0.2, -0.15) is 0 Å². The molecule has 5 aromatic rings. The van der Waals surface area contributed by atoms with Crippen molar-refractivity contribution < 1.29 is 24.5 Å². The van der Waals surface area contributed by atoms with Gasteiger partial charge in [-0.15, -0.1) is 35.9 Å². The number of aromatic nitrogens is 2. The van der Waals surface area contributed by atoms with Crippen molar-refractivity contribution >= 4 is 21.9 Å². The zero-order valence-electron chi connectivity index (χ0n) is 21.2. The normalized spacial score (nSPS) is 17.3. The third kappa shape index (κ3) is 4.39. The largest absolute Gasteiger partial charge is 0.456 e. The van der Waals surface area contributed by atoms with E-state index in [1.165, 1.54) is 91.8 Å². The summed E-state index contributed by atoms with van der Waals surface area (Å²) < 4.78 is 8.96. The molecule has 37 heavy (non-hydrogen) atoms. The van der Waals surface area contributed by atoms with Crippen molar-refractivity contribution in [3.8, 4) is 17.1 Å². The standard InChI is InChI=1S/C33H33N2O.Ir/c1-4-12-23(13-5-1)27-22-29-31(26-18-10-11-19-28(26)36-29)30(24-14-6-2-7-15-24)32(27)35-21-20-34-33(35)25-16-8-3-9-17-25;/h3,8-11,16,18-24H,1-2,4-7,12-15H2;/q-1;. The number of nitrogens with zero attached hydrogens (tertiary/aromatic N) is 2. The van der Waals surface area contributed by atoms with Crippen LogP contribution in [0.2, 0.25) is 0 Å². The fourth-order valence-electron chi connectivity index (χ4n) is 6.93. The molecule has 0 unspecified atom stereocenters. The number of para-hydroxylation sites is 1. The van der Waals surface area contributed by atoms with Crippen molar-refractivity contribution in [1.82, 2.24) is 9.55 Å². The first-order chi connectivity index (χ1) is 17.9. The SMILES string of the molecule is [Ir].[c-]1ccccc1-c1nccn1-c1c(C2CCCCC2)cc2oc3ccccc3c2c1C1CCCCC1. The summed E-state index contributed by atoms with van der Waals surface area (Å²) >= 11 is 0. The number of benzene rings is 3. The van der Waals surface area contributed by atoms with E-state index in [1.54, 1.807) is 0 Å². The third-order valence-electron chi connectivity index (χ3n) is 8.60. The molecule has 191 valence electrons. The monoisotopic (exact) mass is 666 g/mol. The van der Waals surface area contributed by atoms with Crippen molar-refractivity contribution in [2.45, 2.75) is 76.0 Å². The molecule has 0 N–H and O–H groups in total. The zero-order chi connectivity index (χ0) is 23.9. The molecule has 0 aliphatic heterocycles. The topological polar surface area (TPSA) is 31.0 Å². The Balaban J connectivity index is 0.00000252. The first-order valence-corrected chi connectivity index (χ1v) is 13.9. The van der Waals surface area contributed by atoms with Gasteiger partial charge >= 0.3 is 0 Å². The summed E-state index contributed by atoms with van der Waals surface area (Å²) in [5.74, 6) is 2.08. The molecule has 0 spiro atoms. The molecule has 3 aromatic carbocycles. The number of fused-ring (bicyclic) bond motifs is 3. The summed E-state index contributed by atoms with van der Waals surface area (Å²) in [6, 6.07) is 22.7. The Morgan fingerprint density at radius 2 is 1.54 bits per heavy atom. The van der Waals surface area contributed by atoms with Crippen molar-refractivity contribution in [3.05, 3.63) is 84.2 Å². The van der Waals surface area contributed by atoms with Crippen LogP contribution in [0.5, 0.6) is 0 Å². The Morgan fingerprint density at radius 1 is 0.811 bits per heavy atom. The van der Waals surface area contributed by atoms with Gasteiger partial charge in [0.2, 0.25) is 0 Å². The fraction of sp³-hybridized carbons (Fsp3) is 0.364. The molecule has 2 aliphatic carbocycles. The second kappa shape index (κ2) is 10.6. The van der Waals surface area contributed by atoms with Crippen LogP contribution in [0.3, 0.4) is 0 Å². The second-order valence-electron chi connectivity index (χ2n) is 10.8. The van der Waals surface area contributed by atoms with Crippen LogP contribution in [0.15, 0.2) is 71.4 Å². The van der Waals surface area contributed by atoms with E-state index in [4.69, 9.17) is 9.40 Å². The molecule has 2 fully saturated rings. The van der Waals surface area contributed by atoms with E-state index in [2.05, 4.69) is 59.3 Å². The predicted octanol–water partition coefficient (Wildman–Crippen LogP) is 9.33. The molecule has 7 rings (SSSR count). The van der Waals surface area contributed by atoms with Gasteiger partial charge in [-0.3, -0.25) is 4.98 Å². The molecule has 4 heteroatoms. The summed E-state index contributed by atoms with van der Waals surface area (Å²) in [4.78, 5) is 4.87. The molecule has 1 radical (unpaired) electrons. The van der Waals surface area contributed by atoms with Gasteiger partial charge in [-0.05, 0) is 60.8 Å². The van der Waals surface area contributed by atoms with Crippen molar-refractivity contribution in [1.29, 1.82) is 0 Å². The van der Waals surface area contributed by atoms with Gasteiger partial charge in [0, 0.05) is 49.0 Å². The summed E-state index contributed by atoms with van der Waals surface area (Å²) in [6.07, 6.45) is 17.1. The first-order valence-electron chi connectivity index (χ1n) is 13.9. The summed E-state index contributed by atoms with van der Waals surface area (Å²) in [7, 11) is 0. The van der Waals surface area contributed by atoms with E-state index in [0.29, 0.717) is 11.8 Å². The van der Waals surface area contributed by atoms with Crippen LogP contribution in [0.25, 0.3) is 39.0 Å².